The van der Waals surface area contributed by atoms with Gasteiger partial charge in [-0.2, -0.15) is 0 Å². The molecule has 2 nitrogen and oxygen atoms in total. The van der Waals surface area contributed by atoms with Gasteiger partial charge in [-0.1, -0.05) is 20.3 Å². The Bertz CT molecular complexity index is 275. The quantitative estimate of drug-likeness (QED) is 0.676. The molecule has 1 aliphatic rings. The van der Waals surface area contributed by atoms with Crippen LogP contribution in [0.3, 0.4) is 0 Å². The van der Waals surface area contributed by atoms with E-state index in [1.807, 2.05) is 0 Å². The number of rotatable bonds is 8. The minimum absolute atomic E-state index is 0.256. The second-order valence-corrected chi connectivity index (χ2v) is 6.01. The van der Waals surface area contributed by atoms with E-state index in [0.717, 1.165) is 19.4 Å². The molecule has 1 aliphatic heterocycles. The molecule has 1 saturated heterocycles. The van der Waals surface area contributed by atoms with E-state index in [1.54, 1.807) is 0 Å². The average molecular weight is 264 g/mol. The first-order valence-corrected chi connectivity index (χ1v) is 8.11. The number of hydrogen-bond acceptors (Lipinski definition) is 2. The van der Waals surface area contributed by atoms with Gasteiger partial charge in [0.15, 0.2) is 0 Å². The predicted octanol–water partition coefficient (Wildman–Crippen LogP) is 3.42. The van der Waals surface area contributed by atoms with E-state index in [4.69, 9.17) is 6.42 Å². The Morgan fingerprint density at radius 1 is 1.26 bits per heavy atom. The van der Waals surface area contributed by atoms with Crippen molar-refractivity contribution in [2.45, 2.75) is 77.3 Å². The standard InChI is InChI=1S/C17H32N2/c1-5-8-12-16(18-13-6-2)17(4,7-3)19-14-10-9-11-15-19/h1,16,18H,6-15H2,2-4H3. The molecule has 0 amide bonds. The molecule has 2 heteroatoms. The Kier molecular flexibility index (Phi) is 7.49. The summed E-state index contributed by atoms with van der Waals surface area (Å²) >= 11 is 0. The van der Waals surface area contributed by atoms with Crippen LogP contribution in [0.25, 0.3) is 0 Å². The lowest BCUT2D eigenvalue weighted by molar-refractivity contribution is 0.0407. The summed E-state index contributed by atoms with van der Waals surface area (Å²) in [5, 5.41) is 3.76. The van der Waals surface area contributed by atoms with Crippen molar-refractivity contribution < 1.29 is 0 Å². The van der Waals surface area contributed by atoms with Crippen LogP contribution in [-0.4, -0.2) is 36.1 Å². The van der Waals surface area contributed by atoms with Gasteiger partial charge in [-0.05, 0) is 58.7 Å². The maximum absolute atomic E-state index is 5.48. The molecule has 19 heavy (non-hydrogen) atoms. The molecule has 1 fully saturated rings. The first kappa shape index (κ1) is 16.5. The van der Waals surface area contributed by atoms with Crippen molar-refractivity contribution in [1.29, 1.82) is 0 Å². The second kappa shape index (κ2) is 8.61. The molecule has 2 unspecified atom stereocenters. The Hall–Kier alpha value is -0.520. The number of likely N-dealkylation sites (tertiary alicyclic amines) is 1. The Labute approximate surface area is 120 Å². The highest BCUT2D eigenvalue weighted by Gasteiger charge is 2.37. The Morgan fingerprint density at radius 2 is 1.95 bits per heavy atom. The van der Waals surface area contributed by atoms with E-state index < -0.39 is 0 Å². The third-order valence-corrected chi connectivity index (χ3v) is 4.76. The lowest BCUT2D eigenvalue weighted by Crippen LogP contribution is -2.60. The van der Waals surface area contributed by atoms with Crippen LogP contribution in [0.5, 0.6) is 0 Å². The lowest BCUT2D eigenvalue weighted by Gasteiger charge is -2.48. The van der Waals surface area contributed by atoms with Crippen LogP contribution in [0.15, 0.2) is 0 Å². The van der Waals surface area contributed by atoms with Crippen molar-refractivity contribution in [3.8, 4) is 12.3 Å². The van der Waals surface area contributed by atoms with Crippen LogP contribution >= 0.6 is 0 Å². The zero-order chi connectivity index (χ0) is 14.1. The molecule has 0 aliphatic carbocycles. The van der Waals surface area contributed by atoms with Crippen molar-refractivity contribution in [2.24, 2.45) is 0 Å². The molecule has 1 N–H and O–H groups in total. The zero-order valence-corrected chi connectivity index (χ0v) is 13.2. The maximum atomic E-state index is 5.48. The predicted molar refractivity (Wildman–Crippen MR) is 84.3 cm³/mol. The van der Waals surface area contributed by atoms with Gasteiger partial charge in [-0.25, -0.2) is 0 Å². The highest BCUT2D eigenvalue weighted by Crippen LogP contribution is 2.29. The average Bonchev–Trinajstić information content (AvgIpc) is 2.47. The zero-order valence-electron chi connectivity index (χ0n) is 13.2. The molecule has 0 aromatic heterocycles. The second-order valence-electron chi connectivity index (χ2n) is 6.01. The van der Waals surface area contributed by atoms with Crippen LogP contribution in [0, 0.1) is 12.3 Å². The van der Waals surface area contributed by atoms with Gasteiger partial charge in [0.25, 0.3) is 0 Å². The Morgan fingerprint density at radius 3 is 2.47 bits per heavy atom. The first-order chi connectivity index (χ1) is 9.19. The lowest BCUT2D eigenvalue weighted by atomic mass is 9.83. The molecule has 0 spiro atoms. The van der Waals surface area contributed by atoms with Gasteiger partial charge in [0.05, 0.1) is 0 Å². The Balaban J connectivity index is 2.75. The summed E-state index contributed by atoms with van der Waals surface area (Å²) in [6.07, 6.45) is 13.9. The fourth-order valence-electron chi connectivity index (χ4n) is 3.27. The highest BCUT2D eigenvalue weighted by molar-refractivity contribution is 4.99. The molecular formula is C17H32N2. The molecule has 0 aromatic rings. The number of nitrogens with zero attached hydrogens (tertiary/aromatic N) is 1. The molecule has 1 rings (SSSR count). The molecule has 0 saturated carbocycles. The SMILES string of the molecule is C#CCCC(NCCC)C(C)(CC)N1CCCCC1. The molecule has 110 valence electrons. The third-order valence-electron chi connectivity index (χ3n) is 4.76. The summed E-state index contributed by atoms with van der Waals surface area (Å²) in [5.74, 6) is 2.82. The summed E-state index contributed by atoms with van der Waals surface area (Å²) in [5.41, 5.74) is 0.256. The summed E-state index contributed by atoms with van der Waals surface area (Å²) in [7, 11) is 0. The molecule has 0 bridgehead atoms. The fourth-order valence-corrected chi connectivity index (χ4v) is 3.27. The minimum Gasteiger partial charge on any atom is -0.312 e. The number of terminal acetylenes is 1. The third kappa shape index (κ3) is 4.51. The smallest absolute Gasteiger partial charge is 0.0332 e. The van der Waals surface area contributed by atoms with E-state index in [9.17, 15) is 0 Å². The van der Waals surface area contributed by atoms with E-state index in [1.165, 1.54) is 45.2 Å². The topological polar surface area (TPSA) is 15.3 Å². The molecule has 1 heterocycles. The first-order valence-electron chi connectivity index (χ1n) is 8.11. The number of hydrogen-bond donors (Lipinski definition) is 1. The van der Waals surface area contributed by atoms with Crippen molar-refractivity contribution in [1.82, 2.24) is 10.2 Å². The van der Waals surface area contributed by atoms with E-state index in [-0.39, 0.29) is 5.54 Å². The minimum atomic E-state index is 0.256. The van der Waals surface area contributed by atoms with Crippen LogP contribution in [-0.2, 0) is 0 Å². The van der Waals surface area contributed by atoms with Crippen molar-refractivity contribution in [3.05, 3.63) is 0 Å². The van der Waals surface area contributed by atoms with Gasteiger partial charge in [-0.3, -0.25) is 4.90 Å². The summed E-state index contributed by atoms with van der Waals surface area (Å²) in [6, 6.07) is 0.520. The van der Waals surface area contributed by atoms with Crippen LogP contribution < -0.4 is 5.32 Å². The van der Waals surface area contributed by atoms with Gasteiger partial charge in [0, 0.05) is 18.0 Å². The highest BCUT2D eigenvalue weighted by atomic mass is 15.2. The normalized spacial score (nSPS) is 21.6. The summed E-state index contributed by atoms with van der Waals surface area (Å²) in [4.78, 5) is 2.71. The number of nitrogens with one attached hydrogen (secondary N) is 1. The van der Waals surface area contributed by atoms with Gasteiger partial charge in [-0.15, -0.1) is 12.3 Å². The van der Waals surface area contributed by atoms with Gasteiger partial charge < -0.3 is 5.32 Å². The maximum Gasteiger partial charge on any atom is 0.0332 e. The van der Waals surface area contributed by atoms with Gasteiger partial charge in [0.2, 0.25) is 0 Å². The largest absolute Gasteiger partial charge is 0.312 e. The molecule has 2 atom stereocenters. The van der Waals surface area contributed by atoms with E-state index in [2.05, 4.69) is 36.9 Å². The van der Waals surface area contributed by atoms with Crippen molar-refractivity contribution in [2.75, 3.05) is 19.6 Å². The van der Waals surface area contributed by atoms with E-state index in [0.29, 0.717) is 6.04 Å². The van der Waals surface area contributed by atoms with Gasteiger partial charge >= 0.3 is 0 Å². The summed E-state index contributed by atoms with van der Waals surface area (Å²) in [6.45, 7) is 10.6. The summed E-state index contributed by atoms with van der Waals surface area (Å²) < 4.78 is 0. The number of piperidine rings is 1. The van der Waals surface area contributed by atoms with E-state index >= 15 is 0 Å². The van der Waals surface area contributed by atoms with Gasteiger partial charge in [0.1, 0.15) is 0 Å². The molecule has 0 aromatic carbocycles. The fraction of sp³-hybridized carbons (Fsp3) is 0.882. The van der Waals surface area contributed by atoms with Crippen LogP contribution in [0.4, 0.5) is 0 Å². The monoisotopic (exact) mass is 264 g/mol. The van der Waals surface area contributed by atoms with Crippen molar-refractivity contribution in [3.63, 3.8) is 0 Å². The van der Waals surface area contributed by atoms with Crippen LogP contribution in [0.1, 0.15) is 65.7 Å². The van der Waals surface area contributed by atoms with Crippen LogP contribution in [0.2, 0.25) is 0 Å². The molecule has 0 radical (unpaired) electrons. The van der Waals surface area contributed by atoms with Crippen molar-refractivity contribution >= 4 is 0 Å². The molecular weight excluding hydrogens is 232 g/mol.